The van der Waals surface area contributed by atoms with Gasteiger partial charge in [-0.05, 0) is 84.7 Å². The van der Waals surface area contributed by atoms with Crippen LogP contribution in [0.25, 0.3) is 21.1 Å². The van der Waals surface area contributed by atoms with Crippen LogP contribution < -0.4 is 0 Å². The molecule has 2 amide bonds. The molecule has 0 radical (unpaired) electrons. The summed E-state index contributed by atoms with van der Waals surface area (Å²) in [6.07, 6.45) is 29.7. The molecule has 5 rings (SSSR count). The van der Waals surface area contributed by atoms with Crippen LogP contribution in [0.2, 0.25) is 0 Å². The molecule has 3 aromatic heterocycles. The maximum absolute atomic E-state index is 15.7. The van der Waals surface area contributed by atoms with Crippen LogP contribution in [0.4, 0.5) is 0 Å². The van der Waals surface area contributed by atoms with E-state index in [0.717, 1.165) is 46.8 Å². The molecule has 0 spiro atoms. The Morgan fingerprint density at radius 3 is 1.08 bits per heavy atom. The number of fused-ring (bicyclic) bond motifs is 1. The molecule has 2 aliphatic rings. The second-order valence-corrected chi connectivity index (χ2v) is 25.1. The van der Waals surface area contributed by atoms with Crippen molar-refractivity contribution in [1.82, 2.24) is 9.80 Å². The quantitative estimate of drug-likeness (QED) is 0.0476. The summed E-state index contributed by atoms with van der Waals surface area (Å²) in [7, 11) is 0. The fraction of sp³-hybridized carbons (Fsp3) is 0.690. The molecule has 4 nitrogen and oxygen atoms in total. The summed E-state index contributed by atoms with van der Waals surface area (Å²) >= 11 is 5.42. The van der Waals surface area contributed by atoms with E-state index in [1.165, 1.54) is 148 Å². The van der Waals surface area contributed by atoms with Gasteiger partial charge in [-0.1, -0.05) is 198 Å². The van der Waals surface area contributed by atoms with E-state index in [0.29, 0.717) is 36.1 Å². The lowest BCUT2D eigenvalue weighted by Crippen LogP contribution is -2.34. The van der Waals surface area contributed by atoms with Crippen molar-refractivity contribution in [2.24, 2.45) is 11.8 Å². The number of thiophene rings is 3. The number of rotatable bonds is 31. The fourth-order valence-corrected chi connectivity index (χ4v) is 13.3. The molecular weight excluding hydrogens is 884 g/mol. The van der Waals surface area contributed by atoms with Crippen molar-refractivity contribution in [3.63, 3.8) is 0 Å². The van der Waals surface area contributed by atoms with Gasteiger partial charge in [-0.15, -0.1) is 34.0 Å². The minimum atomic E-state index is -0.0275. The van der Waals surface area contributed by atoms with Gasteiger partial charge in [-0.25, -0.2) is 0 Å². The topological polar surface area (TPSA) is 40.6 Å². The van der Waals surface area contributed by atoms with Crippen molar-refractivity contribution in [2.45, 2.75) is 234 Å². The normalized spacial score (nSPS) is 15.4. The van der Waals surface area contributed by atoms with E-state index in [9.17, 15) is 0 Å². The van der Waals surface area contributed by atoms with Gasteiger partial charge in [0.05, 0.1) is 32.3 Å². The molecule has 3 unspecified atom stereocenters. The van der Waals surface area contributed by atoms with Gasteiger partial charge in [0.2, 0.25) is 0 Å². The van der Waals surface area contributed by atoms with E-state index in [4.69, 9.17) is 0 Å². The average molecular weight is 978 g/mol. The summed E-state index contributed by atoms with van der Waals surface area (Å²) in [5.74, 6) is 0.897. The molecule has 2 aliphatic heterocycles. The first-order valence-electron chi connectivity index (χ1n) is 26.7. The number of hydrogen-bond donors (Lipinski definition) is 0. The average Bonchev–Trinajstić information content (AvgIpc) is 4.12. The third-order valence-corrected chi connectivity index (χ3v) is 18.2. The number of carbonyl (C=O) groups excluding carboxylic acids is 2. The van der Waals surface area contributed by atoms with Crippen molar-refractivity contribution < 1.29 is 9.59 Å². The predicted molar refractivity (Wildman–Crippen MR) is 298 cm³/mol. The van der Waals surface area contributed by atoms with Crippen LogP contribution >= 0.6 is 43.9 Å². The molecule has 0 aliphatic carbocycles. The highest BCUT2D eigenvalue weighted by Gasteiger charge is 2.50. The zero-order valence-electron chi connectivity index (χ0n) is 43.6. The number of unbranched alkanes of at least 4 members (excludes halogenated alkanes) is 16. The molecule has 0 saturated carbocycles. The van der Waals surface area contributed by atoms with E-state index >= 15 is 9.59 Å². The zero-order valence-corrected chi connectivity index (χ0v) is 47.5. The van der Waals surface area contributed by atoms with Gasteiger partial charge in [0.15, 0.2) is 0 Å². The number of nitrogens with zero attached hydrogens (tertiary/aromatic N) is 2. The summed E-state index contributed by atoms with van der Waals surface area (Å²) in [4.78, 5) is 42.8. The van der Waals surface area contributed by atoms with Crippen molar-refractivity contribution in [3.05, 3.63) is 67.1 Å². The second kappa shape index (κ2) is 28.0. The van der Waals surface area contributed by atoms with E-state index in [1.54, 1.807) is 22.7 Å². The van der Waals surface area contributed by atoms with Gasteiger partial charge >= 0.3 is 0 Å². The highest BCUT2D eigenvalue weighted by molar-refractivity contribution is 7.22. The number of amides is 2. The SMILES string of the molecule is CCCCCCCCC(CCCCCC)CN1C(=O)C2=C(c3ccc(C(C)(C)C)s3)N(CC(CCCCCC)CCCCCCCC)C(=O)C2=C1c1ccc(-c2ccc(C(C)(C)C)s2)s1.P. The third-order valence-electron chi connectivity index (χ3n) is 13.9. The Morgan fingerprint density at radius 1 is 0.409 bits per heavy atom. The van der Waals surface area contributed by atoms with Crippen molar-refractivity contribution >= 4 is 67.1 Å². The van der Waals surface area contributed by atoms with Crippen molar-refractivity contribution in [3.8, 4) is 9.75 Å². The molecule has 66 heavy (non-hydrogen) atoms. The summed E-state index contributed by atoms with van der Waals surface area (Å²) < 4.78 is 0. The molecule has 0 bridgehead atoms. The van der Waals surface area contributed by atoms with E-state index in [1.807, 2.05) is 11.3 Å². The van der Waals surface area contributed by atoms with Gasteiger partial charge in [-0.2, -0.15) is 9.90 Å². The van der Waals surface area contributed by atoms with Crippen LogP contribution in [0.1, 0.15) is 243 Å². The first-order valence-corrected chi connectivity index (χ1v) is 29.1. The van der Waals surface area contributed by atoms with Crippen LogP contribution in [0.15, 0.2) is 47.5 Å². The van der Waals surface area contributed by atoms with Crippen LogP contribution in [0, 0.1) is 11.8 Å². The Bertz CT molecular complexity index is 1990. The molecular formula is C58H93N2O2PS3. The van der Waals surface area contributed by atoms with Crippen molar-refractivity contribution in [1.29, 1.82) is 0 Å². The number of hydrogen-bond acceptors (Lipinski definition) is 5. The summed E-state index contributed by atoms with van der Waals surface area (Å²) in [5.41, 5.74) is 3.15. The Kier molecular flexibility index (Phi) is 24.0. The standard InChI is InChI=1S/C58H90N2O2S3.H3P/c1-11-15-19-23-25-29-33-43(31-27-21-17-13-3)41-59-53(47-36-35-45(63-47)46-37-39-49(64-46)57(5,6)7)51-52(56(59)62)54(48-38-40-50(65-48)58(8,9)10)60(55(51)61)42-44(32-28-22-18-14-4)34-30-26-24-20-16-12-2;/h35-40,43-44H,11-34,41-42H2,1-10H3;1H3. The number of carbonyl (C=O) groups is 2. The van der Waals surface area contributed by atoms with E-state index in [-0.39, 0.29) is 32.5 Å². The molecule has 3 atom stereocenters. The van der Waals surface area contributed by atoms with Crippen LogP contribution in [0.3, 0.4) is 0 Å². The molecule has 5 heterocycles. The van der Waals surface area contributed by atoms with Gasteiger partial charge in [0.1, 0.15) is 0 Å². The maximum atomic E-state index is 15.7. The maximum Gasteiger partial charge on any atom is 0.261 e. The van der Waals surface area contributed by atoms with Crippen molar-refractivity contribution in [2.75, 3.05) is 13.1 Å². The zero-order chi connectivity index (χ0) is 47.0. The second-order valence-electron chi connectivity index (χ2n) is 21.8. The van der Waals surface area contributed by atoms with Crippen LogP contribution in [-0.2, 0) is 20.4 Å². The predicted octanol–water partition coefficient (Wildman–Crippen LogP) is 18.7. The van der Waals surface area contributed by atoms with Gasteiger partial charge in [0, 0.05) is 32.6 Å². The summed E-state index contributed by atoms with van der Waals surface area (Å²) in [5, 5.41) is 0. The smallest absolute Gasteiger partial charge is 0.261 e. The fourth-order valence-electron chi connectivity index (χ4n) is 9.91. The van der Waals surface area contributed by atoms with Crippen LogP contribution in [0.5, 0.6) is 0 Å². The lowest BCUT2D eigenvalue weighted by molar-refractivity contribution is -0.124. The Labute approximate surface area is 419 Å². The van der Waals surface area contributed by atoms with Gasteiger partial charge in [0.25, 0.3) is 11.8 Å². The highest BCUT2D eigenvalue weighted by Crippen LogP contribution is 2.51. The van der Waals surface area contributed by atoms with E-state index < -0.39 is 0 Å². The minimum absolute atomic E-state index is 0. The molecule has 0 saturated heterocycles. The highest BCUT2D eigenvalue weighted by atomic mass is 32.1. The molecule has 370 valence electrons. The van der Waals surface area contributed by atoms with Gasteiger partial charge in [-0.3, -0.25) is 9.59 Å². The molecule has 3 aromatic rings. The lowest BCUT2D eigenvalue weighted by Gasteiger charge is -2.29. The Hall–Kier alpha value is -2.05. The summed E-state index contributed by atoms with van der Waals surface area (Å²) in [6, 6.07) is 13.5. The Morgan fingerprint density at radius 2 is 0.697 bits per heavy atom. The minimum Gasteiger partial charge on any atom is -0.306 e. The molecule has 0 fully saturated rings. The first kappa shape index (κ1) is 56.5. The largest absolute Gasteiger partial charge is 0.306 e. The monoisotopic (exact) mass is 977 g/mol. The molecule has 8 heteroatoms. The van der Waals surface area contributed by atoms with E-state index in [2.05, 4.69) is 115 Å². The van der Waals surface area contributed by atoms with Gasteiger partial charge < -0.3 is 9.80 Å². The lowest BCUT2D eigenvalue weighted by atomic mass is 9.93. The first-order chi connectivity index (χ1) is 31.2. The third kappa shape index (κ3) is 15.7. The molecule has 0 aromatic carbocycles. The summed E-state index contributed by atoms with van der Waals surface area (Å²) in [6.45, 7) is 24.2. The Balaban J connectivity index is 0.00000952. The molecule has 0 N–H and O–H groups in total. The van der Waals surface area contributed by atoms with Crippen LogP contribution in [-0.4, -0.2) is 34.7 Å².